The van der Waals surface area contributed by atoms with Gasteiger partial charge in [0.2, 0.25) is 0 Å². The molecule has 1 saturated heterocycles. The van der Waals surface area contributed by atoms with Crippen molar-refractivity contribution >= 4 is 48.9 Å². The number of hydrogen-bond donors (Lipinski definition) is 0. The summed E-state index contributed by atoms with van der Waals surface area (Å²) in [6.07, 6.45) is 1.03. The lowest BCUT2D eigenvalue weighted by Gasteiger charge is -2.44. The number of ether oxygens (including phenoxy) is 3. The van der Waals surface area contributed by atoms with E-state index in [0.717, 1.165) is 6.04 Å². The Morgan fingerprint density at radius 1 is 1.02 bits per heavy atom. The number of carbonyl (C=O) groups is 3. The van der Waals surface area contributed by atoms with Gasteiger partial charge in [-0.3, -0.25) is 19.3 Å². The molecule has 0 N–H and O–H groups in total. The summed E-state index contributed by atoms with van der Waals surface area (Å²) in [7, 11) is -0.121. The van der Waals surface area contributed by atoms with E-state index in [9.17, 15) is 14.4 Å². The van der Waals surface area contributed by atoms with Crippen LogP contribution in [0.15, 0.2) is 60.7 Å². The molecule has 7 nitrogen and oxygen atoms in total. The number of Topliss-reactive ketones (excluding diaryl/α,β-unsaturated/α-hetero) is 1. The van der Waals surface area contributed by atoms with Crippen molar-refractivity contribution in [1.29, 1.82) is 0 Å². The number of methoxy groups -OCH3 is 1. The summed E-state index contributed by atoms with van der Waals surface area (Å²) < 4.78 is 34.1. The summed E-state index contributed by atoms with van der Waals surface area (Å²) in [5.41, 5.74) is -0.814. The number of benzene rings is 3. The summed E-state index contributed by atoms with van der Waals surface area (Å²) in [6.45, 7) is 9.38. The molecule has 0 bridgehead atoms. The van der Waals surface area contributed by atoms with E-state index in [4.69, 9.17) is 37.4 Å². The first kappa shape index (κ1) is 35.2. The summed E-state index contributed by atoms with van der Waals surface area (Å²) >= 11 is 12.5. The van der Waals surface area contributed by atoms with Crippen LogP contribution >= 0.6 is 23.2 Å². The first-order valence-corrected chi connectivity index (χ1v) is 20.3. The lowest BCUT2D eigenvalue weighted by molar-refractivity contribution is -0.155. The second kappa shape index (κ2) is 14.2. The standard InChI is InChI=1S/C36H40Cl2FNO6Si/c1-22(35(43)46-18-19-47(3,4)5)32(23-6-10-27(37)11-7-23)40-34(42)29-20-25(33(41)24-14-16-45-17-15-24)21-30(39)31(29)36(40,44-2)26-8-12-28(38)13-9-26/h6-13,20-22,24,32H,14-19H2,1-5H3/t22?,32?,36-/m1/s1. The average molecular weight is 701 g/mol. The van der Waals surface area contributed by atoms with Gasteiger partial charge in [-0.2, -0.15) is 0 Å². The zero-order chi connectivity index (χ0) is 34.1. The normalized spacial score (nSPS) is 19.7. The molecule has 0 aliphatic carbocycles. The number of carbonyl (C=O) groups excluding carboxylic acids is 3. The van der Waals surface area contributed by atoms with Crippen LogP contribution in [0.4, 0.5) is 4.39 Å². The van der Waals surface area contributed by atoms with Gasteiger partial charge in [-0.05, 0) is 67.8 Å². The van der Waals surface area contributed by atoms with Crippen molar-refractivity contribution < 1.29 is 33.0 Å². The number of halogens is 3. The first-order valence-electron chi connectivity index (χ1n) is 15.8. The molecule has 3 aromatic rings. The quantitative estimate of drug-likeness (QED) is 0.114. The number of fused-ring (bicyclic) bond motifs is 1. The second-order valence-electron chi connectivity index (χ2n) is 13.4. The SMILES string of the molecule is CO[C@]1(c2ccc(Cl)cc2)c2c(F)cc(C(=O)C3CCOCC3)cc2C(=O)N1C(c1ccc(Cl)cc1)C(C)C(=O)OCC[Si](C)(C)C. The molecule has 47 heavy (non-hydrogen) atoms. The molecule has 1 amide bonds. The van der Waals surface area contributed by atoms with E-state index in [1.54, 1.807) is 55.5 Å². The highest BCUT2D eigenvalue weighted by atomic mass is 35.5. The number of hydrogen-bond acceptors (Lipinski definition) is 6. The minimum Gasteiger partial charge on any atom is -0.466 e. The first-order chi connectivity index (χ1) is 22.3. The minimum atomic E-state index is -1.83. The Morgan fingerprint density at radius 3 is 2.19 bits per heavy atom. The van der Waals surface area contributed by atoms with Crippen LogP contribution in [-0.4, -0.2) is 57.6 Å². The third-order valence-electron chi connectivity index (χ3n) is 9.06. The van der Waals surface area contributed by atoms with Crippen molar-refractivity contribution in [1.82, 2.24) is 4.90 Å². The fourth-order valence-corrected chi connectivity index (χ4v) is 7.46. The number of nitrogens with zero attached hydrogens (tertiary/aromatic N) is 1. The molecule has 3 atom stereocenters. The smallest absolute Gasteiger partial charge is 0.311 e. The van der Waals surface area contributed by atoms with Crippen LogP contribution in [0.1, 0.15) is 63.2 Å². The fourth-order valence-electron chi connectivity index (χ4n) is 6.49. The van der Waals surface area contributed by atoms with Gasteiger partial charge in [0, 0.05) is 55.5 Å². The monoisotopic (exact) mass is 699 g/mol. The van der Waals surface area contributed by atoms with Crippen LogP contribution < -0.4 is 0 Å². The molecule has 0 aromatic heterocycles. The maximum absolute atomic E-state index is 16.7. The summed E-state index contributed by atoms with van der Waals surface area (Å²) in [4.78, 5) is 43.5. The molecular formula is C36H40Cl2FNO6Si. The lowest BCUT2D eigenvalue weighted by Crippen LogP contribution is -2.51. The van der Waals surface area contributed by atoms with Crippen molar-refractivity contribution in [2.45, 2.75) is 57.2 Å². The Morgan fingerprint density at radius 2 is 1.62 bits per heavy atom. The van der Waals surface area contributed by atoms with E-state index in [2.05, 4.69) is 19.6 Å². The third kappa shape index (κ3) is 7.06. The topological polar surface area (TPSA) is 82.1 Å². The van der Waals surface area contributed by atoms with Gasteiger partial charge in [0.25, 0.3) is 5.91 Å². The maximum atomic E-state index is 16.7. The van der Waals surface area contributed by atoms with E-state index in [1.807, 2.05) is 0 Å². The molecule has 2 heterocycles. The Hall–Kier alpha value is -3.08. The van der Waals surface area contributed by atoms with Crippen molar-refractivity contribution in [2.75, 3.05) is 26.9 Å². The summed E-state index contributed by atoms with van der Waals surface area (Å²) in [5.74, 6) is -3.38. The van der Waals surface area contributed by atoms with Crippen LogP contribution in [0, 0.1) is 17.7 Å². The zero-order valence-electron chi connectivity index (χ0n) is 27.3. The van der Waals surface area contributed by atoms with E-state index >= 15 is 4.39 Å². The van der Waals surface area contributed by atoms with Gasteiger partial charge in [0.05, 0.1) is 29.7 Å². The average Bonchev–Trinajstić information content (AvgIpc) is 3.30. The molecule has 250 valence electrons. The second-order valence-corrected chi connectivity index (χ2v) is 19.9. The number of rotatable bonds is 11. The van der Waals surface area contributed by atoms with Gasteiger partial charge < -0.3 is 14.2 Å². The third-order valence-corrected chi connectivity index (χ3v) is 11.3. The molecule has 3 aromatic carbocycles. The predicted molar refractivity (Wildman–Crippen MR) is 182 cm³/mol. The Kier molecular flexibility index (Phi) is 10.6. The van der Waals surface area contributed by atoms with Crippen molar-refractivity contribution in [3.8, 4) is 0 Å². The molecule has 11 heteroatoms. The number of ketones is 1. The minimum absolute atomic E-state index is 0.0181. The van der Waals surface area contributed by atoms with Gasteiger partial charge in [-0.1, -0.05) is 67.1 Å². The van der Waals surface area contributed by atoms with Gasteiger partial charge in [-0.15, -0.1) is 0 Å². The lowest BCUT2D eigenvalue weighted by atomic mass is 9.86. The van der Waals surface area contributed by atoms with Crippen LogP contribution in [-0.2, 0) is 24.7 Å². The maximum Gasteiger partial charge on any atom is 0.311 e. The molecule has 0 spiro atoms. The largest absolute Gasteiger partial charge is 0.466 e. The molecule has 0 saturated carbocycles. The van der Waals surface area contributed by atoms with Gasteiger partial charge in [-0.25, -0.2) is 4.39 Å². The van der Waals surface area contributed by atoms with Crippen molar-refractivity contribution in [3.05, 3.63) is 104 Å². The fraction of sp³-hybridized carbons (Fsp3) is 0.417. The molecule has 1 fully saturated rings. The highest BCUT2D eigenvalue weighted by molar-refractivity contribution is 6.76. The zero-order valence-corrected chi connectivity index (χ0v) is 29.8. The van der Waals surface area contributed by atoms with Crippen LogP contribution in [0.5, 0.6) is 0 Å². The van der Waals surface area contributed by atoms with E-state index in [1.165, 1.54) is 24.1 Å². The van der Waals surface area contributed by atoms with E-state index in [-0.39, 0.29) is 35.0 Å². The predicted octanol–water partition coefficient (Wildman–Crippen LogP) is 8.30. The summed E-state index contributed by atoms with van der Waals surface area (Å²) in [6, 6.07) is 15.8. The van der Waals surface area contributed by atoms with Crippen LogP contribution in [0.3, 0.4) is 0 Å². The number of amides is 1. The summed E-state index contributed by atoms with van der Waals surface area (Å²) in [5, 5.41) is 0.898. The van der Waals surface area contributed by atoms with Gasteiger partial charge >= 0.3 is 5.97 Å². The van der Waals surface area contributed by atoms with Crippen molar-refractivity contribution in [3.63, 3.8) is 0 Å². The van der Waals surface area contributed by atoms with E-state index < -0.39 is 43.5 Å². The highest BCUT2D eigenvalue weighted by Crippen LogP contribution is 2.52. The van der Waals surface area contributed by atoms with Crippen LogP contribution in [0.2, 0.25) is 35.7 Å². The molecular weight excluding hydrogens is 660 g/mol. The Labute approximate surface area is 286 Å². The molecule has 2 aliphatic heterocycles. The molecule has 2 unspecified atom stereocenters. The number of esters is 1. The highest BCUT2D eigenvalue weighted by Gasteiger charge is 2.58. The Bertz CT molecular complexity index is 1640. The molecule has 2 aliphatic rings. The van der Waals surface area contributed by atoms with Gasteiger partial charge in [0.1, 0.15) is 5.82 Å². The van der Waals surface area contributed by atoms with Crippen molar-refractivity contribution in [2.24, 2.45) is 11.8 Å². The van der Waals surface area contributed by atoms with Gasteiger partial charge in [0.15, 0.2) is 11.5 Å². The Balaban J connectivity index is 1.69. The molecule has 0 radical (unpaired) electrons. The molecule has 5 rings (SSSR count). The van der Waals surface area contributed by atoms with Crippen LogP contribution in [0.25, 0.3) is 0 Å². The van der Waals surface area contributed by atoms with E-state index in [0.29, 0.717) is 47.2 Å².